The molecule has 0 radical (unpaired) electrons. The molecule has 2 aliphatic rings. The number of morpholine rings is 1. The Morgan fingerprint density at radius 3 is 2.38 bits per heavy atom. The van der Waals surface area contributed by atoms with Gasteiger partial charge in [-0.25, -0.2) is 0 Å². The fourth-order valence-electron chi connectivity index (χ4n) is 3.80. The molecule has 1 aliphatic carbocycles. The fourth-order valence-corrected chi connectivity index (χ4v) is 4.12. The van der Waals surface area contributed by atoms with Crippen LogP contribution in [0, 0.1) is 5.92 Å². The molecule has 0 bridgehead atoms. The lowest BCUT2D eigenvalue weighted by molar-refractivity contribution is -0.160. The van der Waals surface area contributed by atoms with E-state index >= 15 is 0 Å². The Labute approximate surface area is 183 Å². The number of ether oxygens (including phenoxy) is 1. The largest absolute Gasteiger partial charge is 0.361 e. The van der Waals surface area contributed by atoms with E-state index in [0.29, 0.717) is 16.0 Å². The van der Waals surface area contributed by atoms with Gasteiger partial charge in [-0.15, -0.1) is 6.58 Å². The van der Waals surface area contributed by atoms with Crippen LogP contribution in [0.2, 0.25) is 10.0 Å². The van der Waals surface area contributed by atoms with Crippen LogP contribution < -0.4 is 0 Å². The topological polar surface area (TPSA) is 29.5 Å². The molecule has 1 saturated heterocycles. The third-order valence-electron chi connectivity index (χ3n) is 5.40. The molecule has 0 spiro atoms. The highest BCUT2D eigenvalue weighted by Crippen LogP contribution is 2.42. The number of halogens is 2. The van der Waals surface area contributed by atoms with Gasteiger partial charge in [0.15, 0.2) is 0 Å². The summed E-state index contributed by atoms with van der Waals surface area (Å²) in [5.74, 6) is 0.641. The summed E-state index contributed by atoms with van der Waals surface area (Å²) in [7, 11) is 0. The third kappa shape index (κ3) is 5.42. The lowest BCUT2D eigenvalue weighted by atomic mass is 9.83. The molecule has 29 heavy (non-hydrogen) atoms. The van der Waals surface area contributed by atoms with Gasteiger partial charge in [-0.2, -0.15) is 0 Å². The van der Waals surface area contributed by atoms with E-state index in [-0.39, 0.29) is 24.7 Å². The summed E-state index contributed by atoms with van der Waals surface area (Å²) < 4.78 is 6.01. The van der Waals surface area contributed by atoms with Crippen LogP contribution in [0.15, 0.2) is 61.2 Å². The van der Waals surface area contributed by atoms with E-state index in [1.54, 1.807) is 6.08 Å². The lowest BCUT2D eigenvalue weighted by Gasteiger charge is -2.44. The third-order valence-corrected chi connectivity index (χ3v) is 5.88. The van der Waals surface area contributed by atoms with Gasteiger partial charge in [0.2, 0.25) is 5.91 Å². The molecular formula is C24H27Cl2NO2. The zero-order chi connectivity index (χ0) is 20.8. The molecule has 2 fully saturated rings. The van der Waals surface area contributed by atoms with Crippen molar-refractivity contribution in [2.75, 3.05) is 13.2 Å². The van der Waals surface area contributed by atoms with Crippen LogP contribution in [0.3, 0.4) is 0 Å². The molecule has 2 aromatic rings. The predicted molar refractivity (Wildman–Crippen MR) is 119 cm³/mol. The van der Waals surface area contributed by atoms with Gasteiger partial charge in [0, 0.05) is 16.6 Å². The molecule has 4 rings (SSSR count). The molecule has 5 heteroatoms. The van der Waals surface area contributed by atoms with Gasteiger partial charge >= 0.3 is 0 Å². The zero-order valence-electron chi connectivity index (χ0n) is 16.7. The smallest absolute Gasteiger partial charge is 0.249 e. The minimum atomic E-state index is -0.243. The molecule has 1 amide bonds. The molecule has 2 aromatic carbocycles. The van der Waals surface area contributed by atoms with E-state index in [4.69, 9.17) is 27.9 Å². The van der Waals surface area contributed by atoms with E-state index in [1.165, 1.54) is 19.3 Å². The van der Waals surface area contributed by atoms with Gasteiger partial charge < -0.3 is 9.64 Å². The molecule has 2 atom stereocenters. The Kier molecular flexibility index (Phi) is 7.77. The second-order valence-electron chi connectivity index (χ2n) is 7.53. The minimum absolute atomic E-state index is 0.0510. The molecule has 3 nitrogen and oxygen atoms in total. The Morgan fingerprint density at radius 1 is 1.10 bits per heavy atom. The lowest BCUT2D eigenvalue weighted by Crippen LogP contribution is -2.48. The van der Waals surface area contributed by atoms with Gasteiger partial charge in [0.05, 0.1) is 6.04 Å². The number of amides is 1. The standard InChI is InChI=1S/C21H21Cl2NO2.C3H6/c22-17-9-7-15(8-10-17)20-21(16-5-2-6-18(23)11-16)26-13-19(25)24(20)12-14-3-1-4-14;1-3-2/h2,5-11,14,20-21H,1,3-4,12-13H2;3H,1H2,2H3. The van der Waals surface area contributed by atoms with E-state index in [9.17, 15) is 4.79 Å². The first-order valence-corrected chi connectivity index (χ1v) is 10.8. The number of rotatable bonds is 4. The second-order valence-corrected chi connectivity index (χ2v) is 8.41. The number of allylic oxidation sites excluding steroid dienone is 1. The summed E-state index contributed by atoms with van der Waals surface area (Å²) in [6, 6.07) is 15.2. The van der Waals surface area contributed by atoms with E-state index in [2.05, 4.69) is 6.58 Å². The van der Waals surface area contributed by atoms with Crippen molar-refractivity contribution in [2.24, 2.45) is 5.92 Å². The zero-order valence-corrected chi connectivity index (χ0v) is 18.2. The summed E-state index contributed by atoms with van der Waals surface area (Å²) in [6.45, 7) is 6.14. The number of nitrogens with zero attached hydrogens (tertiary/aromatic N) is 1. The molecule has 0 N–H and O–H groups in total. The molecule has 1 heterocycles. The predicted octanol–water partition coefficient (Wildman–Crippen LogP) is 6.63. The monoisotopic (exact) mass is 431 g/mol. The van der Waals surface area contributed by atoms with Crippen LogP contribution in [-0.2, 0) is 9.53 Å². The van der Waals surface area contributed by atoms with Crippen molar-refractivity contribution in [3.8, 4) is 0 Å². The van der Waals surface area contributed by atoms with E-state index in [1.807, 2.05) is 60.4 Å². The van der Waals surface area contributed by atoms with Gasteiger partial charge in [-0.3, -0.25) is 4.79 Å². The number of hydrogen-bond acceptors (Lipinski definition) is 2. The highest BCUT2D eigenvalue weighted by Gasteiger charge is 2.40. The molecule has 1 saturated carbocycles. The average molecular weight is 432 g/mol. The van der Waals surface area contributed by atoms with Crippen molar-refractivity contribution in [1.29, 1.82) is 0 Å². The van der Waals surface area contributed by atoms with Gasteiger partial charge in [-0.1, -0.05) is 60.0 Å². The van der Waals surface area contributed by atoms with Crippen molar-refractivity contribution >= 4 is 29.1 Å². The van der Waals surface area contributed by atoms with Gasteiger partial charge in [0.25, 0.3) is 0 Å². The summed E-state index contributed by atoms with van der Waals surface area (Å²) in [4.78, 5) is 14.7. The van der Waals surface area contributed by atoms with Crippen LogP contribution in [0.1, 0.15) is 49.5 Å². The molecule has 154 valence electrons. The number of benzene rings is 2. The summed E-state index contributed by atoms with van der Waals surface area (Å²) in [6.07, 6.45) is 5.15. The molecule has 2 unspecified atom stereocenters. The summed E-state index contributed by atoms with van der Waals surface area (Å²) >= 11 is 12.3. The van der Waals surface area contributed by atoms with E-state index < -0.39 is 0 Å². The Hall–Kier alpha value is -1.81. The Morgan fingerprint density at radius 2 is 1.79 bits per heavy atom. The maximum atomic E-state index is 12.7. The number of carbonyl (C=O) groups excluding carboxylic acids is 1. The first kappa shape index (κ1) is 21.9. The van der Waals surface area contributed by atoms with Crippen LogP contribution in [0.25, 0.3) is 0 Å². The fraction of sp³-hybridized carbons (Fsp3) is 0.375. The Balaban J connectivity index is 0.000000755. The quantitative estimate of drug-likeness (QED) is 0.508. The highest BCUT2D eigenvalue weighted by atomic mass is 35.5. The normalized spacial score (nSPS) is 21.8. The van der Waals surface area contributed by atoms with Crippen LogP contribution in [-0.4, -0.2) is 24.0 Å². The van der Waals surface area contributed by atoms with E-state index in [0.717, 1.165) is 17.7 Å². The molecular weight excluding hydrogens is 405 g/mol. The molecule has 1 aliphatic heterocycles. The molecule has 0 aromatic heterocycles. The maximum Gasteiger partial charge on any atom is 0.249 e. The summed E-state index contributed by atoms with van der Waals surface area (Å²) in [5.41, 5.74) is 2.02. The second kappa shape index (κ2) is 10.3. The van der Waals surface area contributed by atoms with Crippen molar-refractivity contribution in [3.63, 3.8) is 0 Å². The van der Waals surface area contributed by atoms with Gasteiger partial charge in [-0.05, 0) is 61.1 Å². The average Bonchev–Trinajstić information content (AvgIpc) is 2.67. The SMILES string of the molecule is C=CC.O=C1COC(c2cccc(Cl)c2)C(c2ccc(Cl)cc2)N1CC1CCC1. The van der Waals surface area contributed by atoms with Crippen molar-refractivity contribution in [1.82, 2.24) is 4.90 Å². The van der Waals surface area contributed by atoms with Gasteiger partial charge in [0.1, 0.15) is 12.7 Å². The van der Waals surface area contributed by atoms with Crippen LogP contribution in [0.4, 0.5) is 0 Å². The van der Waals surface area contributed by atoms with Crippen molar-refractivity contribution in [2.45, 2.75) is 38.3 Å². The number of hydrogen-bond donors (Lipinski definition) is 0. The number of carbonyl (C=O) groups is 1. The van der Waals surface area contributed by atoms with Crippen LogP contribution in [0.5, 0.6) is 0 Å². The Bertz CT molecular complexity index is 833. The minimum Gasteiger partial charge on any atom is -0.361 e. The van der Waals surface area contributed by atoms with Crippen molar-refractivity contribution < 1.29 is 9.53 Å². The first-order valence-electron chi connectivity index (χ1n) is 10.0. The summed E-state index contributed by atoms with van der Waals surface area (Å²) in [5, 5.41) is 1.35. The first-order chi connectivity index (χ1) is 14.0. The maximum absolute atomic E-state index is 12.7. The highest BCUT2D eigenvalue weighted by molar-refractivity contribution is 6.30. The van der Waals surface area contributed by atoms with Crippen LogP contribution >= 0.6 is 23.2 Å². The van der Waals surface area contributed by atoms with Crippen molar-refractivity contribution in [3.05, 3.63) is 82.4 Å².